The minimum Gasteiger partial charge on any atom is -0.469 e. The number of rotatable bonds is 7. The molecule has 5 N–H and O–H groups in total. The Kier molecular flexibility index (Phi) is 8.32. The van der Waals surface area contributed by atoms with E-state index in [2.05, 4.69) is 20.9 Å². The van der Waals surface area contributed by atoms with Gasteiger partial charge in [0, 0.05) is 51.5 Å². The predicted molar refractivity (Wildman–Crippen MR) is 220 cm³/mol. The summed E-state index contributed by atoms with van der Waals surface area (Å²) in [6.45, 7) is 7.32. The number of hydrogen-bond donors (Lipinski definition) is 5. The van der Waals surface area contributed by atoms with Gasteiger partial charge in [0.05, 0.1) is 0 Å². The number of H-pyrrole nitrogens is 1. The summed E-state index contributed by atoms with van der Waals surface area (Å²) in [6.07, 6.45) is 1.52. The van der Waals surface area contributed by atoms with Gasteiger partial charge in [0.2, 0.25) is 17.7 Å². The van der Waals surface area contributed by atoms with Crippen molar-refractivity contribution in [3.05, 3.63) is 94.8 Å². The maximum absolute atomic E-state index is 14.4. The number of nitrogens with one attached hydrogen (secondary N) is 4. The summed E-state index contributed by atoms with van der Waals surface area (Å²) in [4.78, 5) is 55.0. The SMILES string of the molecule is CCC(O)(CC)C(=O)N[C@H]1Cc2ccc3c(c2)C24c5cccc(c5NC2O3)-c2cccc3[nH]cc(c23)-c2oc(nc2C(=O)OCI)-c2nc(oc24)[C@H](C(C)C)NC1=O. The largest absolute Gasteiger partial charge is 0.469 e. The van der Waals surface area contributed by atoms with Gasteiger partial charge < -0.3 is 44.3 Å². The molecule has 0 aliphatic carbocycles. The Hall–Kier alpha value is -5.68. The minimum atomic E-state index is -1.65. The van der Waals surface area contributed by atoms with E-state index in [1.54, 1.807) is 20.0 Å². The topological polar surface area (TPSA) is 194 Å². The number of aromatic amines is 1. The zero-order valence-electron chi connectivity index (χ0n) is 32.0. The number of carbonyl (C=O) groups is 3. The number of para-hydroxylation sites is 1. The Morgan fingerprint density at radius 2 is 1.83 bits per heavy atom. The maximum Gasteiger partial charge on any atom is 0.361 e. The van der Waals surface area contributed by atoms with Crippen molar-refractivity contribution in [3.8, 4) is 39.8 Å². The van der Waals surface area contributed by atoms with Crippen LogP contribution < -0.4 is 20.7 Å². The molecule has 3 aromatic carbocycles. The Morgan fingerprint density at radius 3 is 2.60 bits per heavy atom. The lowest BCUT2D eigenvalue weighted by atomic mass is 9.72. The number of hydrogen-bond acceptors (Lipinski definition) is 11. The Morgan fingerprint density at radius 1 is 1.03 bits per heavy atom. The molecule has 1 spiro atoms. The van der Waals surface area contributed by atoms with E-state index in [4.69, 9.17) is 28.3 Å². The number of fused-ring (bicyclic) bond motifs is 7. The molecule has 4 aliphatic heterocycles. The van der Waals surface area contributed by atoms with Crippen molar-refractivity contribution in [3.63, 3.8) is 0 Å². The van der Waals surface area contributed by atoms with Crippen LogP contribution in [0.5, 0.6) is 5.75 Å². The predicted octanol–water partition coefficient (Wildman–Crippen LogP) is 6.89. The van der Waals surface area contributed by atoms with Gasteiger partial charge in [-0.2, -0.15) is 4.98 Å². The standard InChI is InChI=1S/C43H39IN6O8/c1-5-42(54,6-2)40(53)46-27-16-20-13-14-28-25(15-20)43-24-11-7-10-22(31(24)50-41(43)56-28)21-9-8-12-26-29(21)23(17-45-26)34-32(39(52)55-18-44)48-38(57-34)33-35(43)58-37(49-33)30(19(3)4)47-36(27)51/h7-15,17,19,27,30,41,45,50,54H,5-6,16,18H2,1-4H3,(H,46,53)(H,47,51)/t27-,30-,41?,43?/m0/s1. The second kappa shape index (κ2) is 13.2. The number of aliphatic hydroxyl groups is 1. The summed E-state index contributed by atoms with van der Waals surface area (Å²) in [5, 5.41) is 21.7. The fraction of sp³-hybridized carbons (Fsp3) is 0.326. The number of halogens is 1. The number of amides is 2. The van der Waals surface area contributed by atoms with Gasteiger partial charge in [0.1, 0.15) is 33.5 Å². The highest BCUT2D eigenvalue weighted by atomic mass is 127. The van der Waals surface area contributed by atoms with Crippen molar-refractivity contribution in [1.29, 1.82) is 0 Å². The van der Waals surface area contributed by atoms with E-state index >= 15 is 0 Å². The lowest BCUT2D eigenvalue weighted by Crippen LogP contribution is -2.55. The number of aromatic nitrogens is 3. The van der Waals surface area contributed by atoms with Crippen LogP contribution in [-0.2, 0) is 26.2 Å². The molecule has 0 radical (unpaired) electrons. The van der Waals surface area contributed by atoms with E-state index in [9.17, 15) is 19.5 Å². The van der Waals surface area contributed by atoms with Crippen LogP contribution >= 0.6 is 22.6 Å². The van der Waals surface area contributed by atoms with Gasteiger partial charge in [-0.05, 0) is 64.6 Å². The average Bonchev–Trinajstić information content (AvgIpc) is 4.04. The molecule has 0 saturated heterocycles. The average molecular weight is 895 g/mol. The molecule has 7 heterocycles. The fourth-order valence-corrected chi connectivity index (χ4v) is 9.34. The van der Waals surface area contributed by atoms with Crippen molar-refractivity contribution in [1.82, 2.24) is 25.6 Å². The summed E-state index contributed by atoms with van der Waals surface area (Å²) in [6, 6.07) is 15.9. The summed E-state index contributed by atoms with van der Waals surface area (Å²) < 4.78 is 26.2. The number of carbonyl (C=O) groups excluding carboxylic acids is 3. The second-order valence-electron chi connectivity index (χ2n) is 15.6. The molecule has 10 bridgehead atoms. The monoisotopic (exact) mass is 894 g/mol. The van der Waals surface area contributed by atoms with Crippen molar-refractivity contribution < 1.29 is 37.8 Å². The molecule has 4 atom stereocenters. The first-order valence-electron chi connectivity index (χ1n) is 19.4. The summed E-state index contributed by atoms with van der Waals surface area (Å²) >= 11 is 1.97. The highest BCUT2D eigenvalue weighted by molar-refractivity contribution is 14.1. The number of oxazole rings is 2. The van der Waals surface area contributed by atoms with Gasteiger partial charge in [-0.15, -0.1) is 0 Å². The fourth-order valence-electron chi connectivity index (χ4n) is 9.06. The molecule has 58 heavy (non-hydrogen) atoms. The lowest BCUT2D eigenvalue weighted by molar-refractivity contribution is -0.143. The van der Waals surface area contributed by atoms with Crippen molar-refractivity contribution in [2.24, 2.45) is 5.92 Å². The smallest absolute Gasteiger partial charge is 0.361 e. The summed E-state index contributed by atoms with van der Waals surface area (Å²) in [7, 11) is 0. The van der Waals surface area contributed by atoms with E-state index in [0.29, 0.717) is 17.1 Å². The maximum atomic E-state index is 14.4. The first-order chi connectivity index (χ1) is 28.0. The zero-order chi connectivity index (χ0) is 40.2. The molecular formula is C43H39IN6O8. The van der Waals surface area contributed by atoms with E-state index in [1.807, 2.05) is 91.0 Å². The molecule has 3 aromatic heterocycles. The number of anilines is 1. The van der Waals surface area contributed by atoms with Crippen LogP contribution in [0.15, 0.2) is 69.6 Å². The van der Waals surface area contributed by atoms with Gasteiger partial charge in [-0.3, -0.25) is 9.59 Å². The molecule has 4 aliphatic rings. The first-order valence-corrected chi connectivity index (χ1v) is 20.9. The number of ether oxygens (including phenoxy) is 2. The molecule has 6 aromatic rings. The first kappa shape index (κ1) is 36.6. The van der Waals surface area contributed by atoms with E-state index in [0.717, 1.165) is 44.4 Å². The molecule has 15 heteroatoms. The molecule has 0 saturated carbocycles. The van der Waals surface area contributed by atoms with Crippen LogP contribution in [-0.4, -0.2) is 60.3 Å². The molecule has 14 nitrogen and oxygen atoms in total. The highest BCUT2D eigenvalue weighted by Gasteiger charge is 2.62. The van der Waals surface area contributed by atoms with Crippen LogP contribution in [0.3, 0.4) is 0 Å². The third kappa shape index (κ3) is 5.07. The molecule has 2 amide bonds. The molecular weight excluding hydrogens is 855 g/mol. The van der Waals surface area contributed by atoms with Crippen LogP contribution in [0.4, 0.5) is 5.69 Å². The van der Waals surface area contributed by atoms with Crippen LogP contribution in [0.25, 0.3) is 44.9 Å². The van der Waals surface area contributed by atoms with Gasteiger partial charge in [-0.25, -0.2) is 9.78 Å². The van der Waals surface area contributed by atoms with Gasteiger partial charge in [0.25, 0.3) is 5.91 Å². The Labute approximate surface area is 345 Å². The van der Waals surface area contributed by atoms with Crippen LogP contribution in [0.1, 0.15) is 85.4 Å². The Balaban J connectivity index is 1.29. The molecule has 0 fully saturated rings. The number of benzene rings is 3. The van der Waals surface area contributed by atoms with Gasteiger partial charge in [0.15, 0.2) is 29.1 Å². The number of nitrogens with zero attached hydrogens (tertiary/aromatic N) is 2. The molecule has 10 rings (SSSR count). The van der Waals surface area contributed by atoms with Crippen molar-refractivity contribution in [2.45, 2.75) is 76.3 Å². The third-order valence-corrected chi connectivity index (χ3v) is 12.5. The highest BCUT2D eigenvalue weighted by Crippen LogP contribution is 2.61. The number of alkyl halides is 1. The quantitative estimate of drug-likeness (QED) is 0.0637. The van der Waals surface area contributed by atoms with E-state index < -0.39 is 47.1 Å². The minimum absolute atomic E-state index is 0.0161. The Bertz CT molecular complexity index is 2710. The zero-order valence-corrected chi connectivity index (χ0v) is 34.1. The molecule has 2 unspecified atom stereocenters. The van der Waals surface area contributed by atoms with Crippen molar-refractivity contribution in [2.75, 3.05) is 9.93 Å². The van der Waals surface area contributed by atoms with Crippen molar-refractivity contribution >= 4 is 57.0 Å². The van der Waals surface area contributed by atoms with Crippen LogP contribution in [0.2, 0.25) is 0 Å². The van der Waals surface area contributed by atoms with E-state index in [-0.39, 0.29) is 58.7 Å². The van der Waals surface area contributed by atoms with Crippen LogP contribution in [0, 0.1) is 5.92 Å². The third-order valence-electron chi connectivity index (χ3n) is 12.2. The normalized spacial score (nSPS) is 21.0. The van der Waals surface area contributed by atoms with Gasteiger partial charge in [-0.1, -0.05) is 70.2 Å². The molecule has 296 valence electrons. The van der Waals surface area contributed by atoms with Gasteiger partial charge >= 0.3 is 5.97 Å². The second-order valence-corrected chi connectivity index (χ2v) is 16.2. The summed E-state index contributed by atoms with van der Waals surface area (Å²) in [5.41, 5.74) is 3.68. The lowest BCUT2D eigenvalue weighted by Gasteiger charge is -2.30. The number of esters is 1. The van der Waals surface area contributed by atoms with E-state index in [1.165, 1.54) is 0 Å². The summed E-state index contributed by atoms with van der Waals surface area (Å²) in [5.74, 6) is -0.724.